The molecule has 4 nitrogen and oxygen atoms in total. The molecule has 0 amide bonds. The van der Waals surface area contributed by atoms with E-state index >= 15 is 0 Å². The molecule has 29 heavy (non-hydrogen) atoms. The van der Waals surface area contributed by atoms with Crippen molar-refractivity contribution in [3.8, 4) is 23.1 Å². The third kappa shape index (κ3) is 5.38. The van der Waals surface area contributed by atoms with E-state index in [1.165, 1.54) is 16.9 Å². The topological polar surface area (TPSA) is 57.9 Å². The lowest BCUT2D eigenvalue weighted by atomic mass is 10.0. The Bertz CT molecular complexity index is 1050. The Morgan fingerprint density at radius 2 is 2.03 bits per heavy atom. The van der Waals surface area contributed by atoms with Gasteiger partial charge in [-0.05, 0) is 36.1 Å². The molecule has 0 saturated carbocycles. The van der Waals surface area contributed by atoms with Gasteiger partial charge in [0.1, 0.15) is 22.4 Å². The van der Waals surface area contributed by atoms with E-state index in [1.807, 2.05) is 5.38 Å². The summed E-state index contributed by atoms with van der Waals surface area (Å²) in [5, 5.41) is 15.9. The summed E-state index contributed by atoms with van der Waals surface area (Å²) in [6.45, 7) is 4.42. The molecule has 1 heterocycles. The van der Waals surface area contributed by atoms with Crippen molar-refractivity contribution in [3.63, 3.8) is 0 Å². The molecule has 2 aromatic carbocycles. The number of hydrogen-bond donors (Lipinski definition) is 1. The summed E-state index contributed by atoms with van der Waals surface area (Å²) in [5.74, 6) is 1.27. The number of thiazole rings is 1. The zero-order chi connectivity index (χ0) is 20.8. The smallest absolute Gasteiger partial charge is 0.142 e. The summed E-state index contributed by atoms with van der Waals surface area (Å²) >= 11 is 7.50. The molecule has 1 aromatic heterocycles. The van der Waals surface area contributed by atoms with Crippen LogP contribution in [0.5, 0.6) is 5.75 Å². The van der Waals surface area contributed by atoms with Crippen LogP contribution < -0.4 is 10.1 Å². The lowest BCUT2D eigenvalue weighted by Gasteiger charge is -2.08. The molecule has 0 aliphatic heterocycles. The predicted octanol–water partition coefficient (Wildman–Crippen LogP) is 6.65. The molecule has 0 fully saturated rings. The van der Waals surface area contributed by atoms with Crippen molar-refractivity contribution in [1.29, 1.82) is 5.26 Å². The lowest BCUT2D eigenvalue weighted by Crippen LogP contribution is -1.95. The predicted molar refractivity (Wildman–Crippen MR) is 121 cm³/mol. The molecule has 3 aromatic rings. The van der Waals surface area contributed by atoms with E-state index in [1.54, 1.807) is 31.5 Å². The van der Waals surface area contributed by atoms with Crippen LogP contribution in [-0.2, 0) is 6.42 Å². The van der Waals surface area contributed by atoms with E-state index in [4.69, 9.17) is 16.3 Å². The normalized spacial score (nSPS) is 11.4. The number of benzene rings is 2. The third-order valence-corrected chi connectivity index (χ3v) is 5.39. The van der Waals surface area contributed by atoms with Crippen LogP contribution in [0.15, 0.2) is 54.0 Å². The summed E-state index contributed by atoms with van der Waals surface area (Å²) in [5.41, 5.74) is 4.35. The van der Waals surface area contributed by atoms with Crippen LogP contribution in [0.3, 0.4) is 0 Å². The van der Waals surface area contributed by atoms with Gasteiger partial charge in [-0.15, -0.1) is 11.3 Å². The first-order chi connectivity index (χ1) is 14.0. The molecule has 0 aliphatic carbocycles. The van der Waals surface area contributed by atoms with Crippen molar-refractivity contribution in [2.24, 2.45) is 5.92 Å². The minimum atomic E-state index is 0.444. The van der Waals surface area contributed by atoms with E-state index in [0.29, 0.717) is 33.0 Å². The maximum atomic E-state index is 9.59. The Balaban J connectivity index is 1.80. The molecule has 0 unspecified atom stereocenters. The van der Waals surface area contributed by atoms with Crippen molar-refractivity contribution in [3.05, 3.63) is 69.6 Å². The SMILES string of the molecule is COc1ccc(Cl)cc1NC=C(C#N)c1nc(-c2ccc(CC(C)C)cc2)cs1. The van der Waals surface area contributed by atoms with Gasteiger partial charge in [0.2, 0.25) is 0 Å². The second-order valence-corrected chi connectivity index (χ2v) is 8.29. The van der Waals surface area contributed by atoms with E-state index in [9.17, 15) is 5.26 Å². The molecule has 1 N–H and O–H groups in total. The molecule has 148 valence electrons. The van der Waals surface area contributed by atoms with E-state index < -0.39 is 0 Å². The highest BCUT2D eigenvalue weighted by Gasteiger charge is 2.10. The minimum absolute atomic E-state index is 0.444. The van der Waals surface area contributed by atoms with Gasteiger partial charge >= 0.3 is 0 Å². The van der Waals surface area contributed by atoms with Crippen LogP contribution in [-0.4, -0.2) is 12.1 Å². The minimum Gasteiger partial charge on any atom is -0.495 e. The van der Waals surface area contributed by atoms with Crippen molar-refractivity contribution in [1.82, 2.24) is 4.98 Å². The zero-order valence-corrected chi connectivity index (χ0v) is 18.1. The van der Waals surface area contributed by atoms with Gasteiger partial charge in [-0.3, -0.25) is 0 Å². The summed E-state index contributed by atoms with van der Waals surface area (Å²) in [4.78, 5) is 4.65. The highest BCUT2D eigenvalue weighted by Crippen LogP contribution is 2.30. The van der Waals surface area contributed by atoms with Crippen LogP contribution in [0.4, 0.5) is 5.69 Å². The van der Waals surface area contributed by atoms with Crippen molar-refractivity contribution in [2.75, 3.05) is 12.4 Å². The lowest BCUT2D eigenvalue weighted by molar-refractivity contribution is 0.417. The molecular weight excluding hydrogens is 402 g/mol. The molecule has 0 aliphatic rings. The number of methoxy groups -OCH3 is 1. The number of hydrogen-bond acceptors (Lipinski definition) is 5. The first-order valence-corrected chi connectivity index (χ1v) is 10.5. The van der Waals surface area contributed by atoms with Gasteiger partial charge in [0.15, 0.2) is 0 Å². The Kier molecular flexibility index (Phi) is 6.92. The molecular formula is C23H22ClN3OS. The highest BCUT2D eigenvalue weighted by molar-refractivity contribution is 7.11. The van der Waals surface area contributed by atoms with Gasteiger partial charge in [0.25, 0.3) is 0 Å². The first-order valence-electron chi connectivity index (χ1n) is 9.25. The molecule has 0 radical (unpaired) electrons. The summed E-state index contributed by atoms with van der Waals surface area (Å²) in [6, 6.07) is 15.9. The number of ether oxygens (including phenoxy) is 1. The first kappa shape index (κ1) is 20.9. The maximum absolute atomic E-state index is 9.59. The number of nitrogens with one attached hydrogen (secondary N) is 1. The largest absolute Gasteiger partial charge is 0.495 e. The van der Waals surface area contributed by atoms with Crippen LogP contribution in [0.25, 0.3) is 16.8 Å². The number of anilines is 1. The average molecular weight is 424 g/mol. The van der Waals surface area contributed by atoms with Gasteiger partial charge in [0.05, 0.1) is 18.5 Å². The fraction of sp³-hybridized carbons (Fsp3) is 0.217. The van der Waals surface area contributed by atoms with Crippen LogP contribution in [0.1, 0.15) is 24.4 Å². The molecule has 0 atom stereocenters. The summed E-state index contributed by atoms with van der Waals surface area (Å²) < 4.78 is 5.32. The molecule has 0 saturated heterocycles. The maximum Gasteiger partial charge on any atom is 0.142 e. The van der Waals surface area contributed by atoms with Gasteiger partial charge in [-0.25, -0.2) is 4.98 Å². The van der Waals surface area contributed by atoms with Gasteiger partial charge in [0, 0.05) is 22.2 Å². The Morgan fingerprint density at radius 3 is 2.69 bits per heavy atom. The van der Waals surface area contributed by atoms with E-state index in [2.05, 4.69) is 54.5 Å². The Labute approximate surface area is 180 Å². The highest BCUT2D eigenvalue weighted by atomic mass is 35.5. The van der Waals surface area contributed by atoms with E-state index in [-0.39, 0.29) is 0 Å². The van der Waals surface area contributed by atoms with Crippen molar-refractivity contribution < 1.29 is 4.74 Å². The molecule has 3 rings (SSSR count). The van der Waals surface area contributed by atoms with Crippen LogP contribution in [0, 0.1) is 17.2 Å². The number of nitriles is 1. The second-order valence-electron chi connectivity index (χ2n) is 6.99. The quantitative estimate of drug-likeness (QED) is 0.432. The number of halogens is 1. The monoisotopic (exact) mass is 423 g/mol. The standard InChI is InChI=1S/C23H22ClN3OS/c1-15(2)10-16-4-6-17(7-5-16)21-14-29-23(27-21)18(12-25)13-26-20-11-19(24)8-9-22(20)28-3/h4-9,11,13-15,26H,10H2,1-3H3. The summed E-state index contributed by atoms with van der Waals surface area (Å²) in [7, 11) is 1.59. The number of allylic oxidation sites excluding steroid dienone is 1. The van der Waals surface area contributed by atoms with Crippen LogP contribution >= 0.6 is 22.9 Å². The molecule has 6 heteroatoms. The van der Waals surface area contributed by atoms with Crippen LogP contribution in [0.2, 0.25) is 5.02 Å². The zero-order valence-electron chi connectivity index (χ0n) is 16.6. The van der Waals surface area contributed by atoms with Gasteiger partial charge < -0.3 is 10.1 Å². The van der Waals surface area contributed by atoms with Crippen molar-refractivity contribution >= 4 is 34.2 Å². The Hall–Kier alpha value is -2.81. The fourth-order valence-corrected chi connectivity index (χ4v) is 3.86. The average Bonchev–Trinajstić information content (AvgIpc) is 3.19. The van der Waals surface area contributed by atoms with E-state index in [0.717, 1.165) is 17.7 Å². The molecule has 0 spiro atoms. The fourth-order valence-electron chi connectivity index (χ4n) is 2.90. The third-order valence-electron chi connectivity index (χ3n) is 4.28. The number of nitrogens with zero attached hydrogens (tertiary/aromatic N) is 2. The van der Waals surface area contributed by atoms with Gasteiger partial charge in [-0.2, -0.15) is 5.26 Å². The summed E-state index contributed by atoms with van der Waals surface area (Å²) in [6.07, 6.45) is 2.69. The number of rotatable bonds is 7. The second kappa shape index (κ2) is 9.60. The van der Waals surface area contributed by atoms with Crippen molar-refractivity contribution in [2.45, 2.75) is 20.3 Å². The molecule has 0 bridgehead atoms. The Morgan fingerprint density at radius 1 is 1.28 bits per heavy atom. The van der Waals surface area contributed by atoms with Gasteiger partial charge in [-0.1, -0.05) is 49.7 Å². The number of aromatic nitrogens is 1.